The van der Waals surface area contributed by atoms with Crippen molar-refractivity contribution in [2.45, 2.75) is 32.6 Å². The maximum absolute atomic E-state index is 12.9. The first-order valence-corrected chi connectivity index (χ1v) is 8.58. The van der Waals surface area contributed by atoms with Crippen LogP contribution in [-0.4, -0.2) is 23.9 Å². The number of likely N-dealkylation sites (tertiary alicyclic amines) is 1. The van der Waals surface area contributed by atoms with Crippen molar-refractivity contribution in [1.82, 2.24) is 4.90 Å². The minimum Gasteiger partial charge on any atom is -0.339 e. The number of hydrogen-bond acceptors (Lipinski definition) is 2. The van der Waals surface area contributed by atoms with Gasteiger partial charge in [0.15, 0.2) is 0 Å². The minimum atomic E-state index is 0.208. The Bertz CT molecular complexity index is 609. The van der Waals surface area contributed by atoms with Gasteiger partial charge < -0.3 is 4.90 Å². The van der Waals surface area contributed by atoms with Crippen LogP contribution in [0, 0.1) is 6.92 Å². The summed E-state index contributed by atoms with van der Waals surface area (Å²) in [6.07, 6.45) is 4.76. The topological polar surface area (TPSA) is 20.3 Å². The molecule has 1 saturated heterocycles. The Balaban J connectivity index is 1.94. The SMILES string of the molecule is Cc1scc(C(=O)N2CCCCCC2)c1-c1ccccc1. The van der Waals surface area contributed by atoms with Crippen LogP contribution in [0.2, 0.25) is 0 Å². The van der Waals surface area contributed by atoms with E-state index >= 15 is 0 Å². The molecular formula is C18H21NOS. The van der Waals surface area contributed by atoms with Crippen molar-refractivity contribution in [2.24, 2.45) is 0 Å². The van der Waals surface area contributed by atoms with Gasteiger partial charge in [0, 0.05) is 28.9 Å². The van der Waals surface area contributed by atoms with Crippen LogP contribution in [0.15, 0.2) is 35.7 Å². The molecule has 1 aliphatic rings. The fraction of sp³-hybridized carbons (Fsp3) is 0.389. The lowest BCUT2D eigenvalue weighted by molar-refractivity contribution is 0.0763. The predicted octanol–water partition coefficient (Wildman–Crippen LogP) is 4.74. The molecule has 2 heterocycles. The van der Waals surface area contributed by atoms with E-state index < -0.39 is 0 Å². The van der Waals surface area contributed by atoms with Crippen LogP contribution in [0.3, 0.4) is 0 Å². The smallest absolute Gasteiger partial charge is 0.255 e. The first-order valence-electron chi connectivity index (χ1n) is 7.70. The summed E-state index contributed by atoms with van der Waals surface area (Å²) < 4.78 is 0. The molecular weight excluding hydrogens is 278 g/mol. The molecule has 0 aliphatic carbocycles. The number of amides is 1. The lowest BCUT2D eigenvalue weighted by Gasteiger charge is -2.20. The number of aryl methyl sites for hydroxylation is 1. The highest BCUT2D eigenvalue weighted by Gasteiger charge is 2.22. The zero-order valence-corrected chi connectivity index (χ0v) is 13.3. The molecule has 0 unspecified atom stereocenters. The van der Waals surface area contributed by atoms with Crippen molar-refractivity contribution in [1.29, 1.82) is 0 Å². The molecule has 1 aromatic heterocycles. The van der Waals surface area contributed by atoms with E-state index in [1.165, 1.54) is 17.7 Å². The van der Waals surface area contributed by atoms with Crippen molar-refractivity contribution in [3.05, 3.63) is 46.2 Å². The van der Waals surface area contributed by atoms with Gasteiger partial charge in [-0.2, -0.15) is 0 Å². The molecule has 0 bridgehead atoms. The standard InChI is InChI=1S/C18H21NOS/c1-14-17(15-9-5-4-6-10-15)16(13-21-14)18(20)19-11-7-2-3-8-12-19/h4-6,9-10,13H,2-3,7-8,11-12H2,1H3. The molecule has 1 fully saturated rings. The lowest BCUT2D eigenvalue weighted by Crippen LogP contribution is -2.31. The Kier molecular flexibility index (Phi) is 4.39. The van der Waals surface area contributed by atoms with E-state index in [1.807, 2.05) is 28.5 Å². The summed E-state index contributed by atoms with van der Waals surface area (Å²) in [7, 11) is 0. The highest BCUT2D eigenvalue weighted by Crippen LogP contribution is 2.33. The fourth-order valence-electron chi connectivity index (χ4n) is 3.02. The first-order chi connectivity index (χ1) is 10.3. The fourth-order valence-corrected chi connectivity index (χ4v) is 3.88. The Labute approximate surface area is 130 Å². The van der Waals surface area contributed by atoms with E-state index in [0.29, 0.717) is 0 Å². The average molecular weight is 299 g/mol. The largest absolute Gasteiger partial charge is 0.339 e. The normalized spacial score (nSPS) is 15.8. The van der Waals surface area contributed by atoms with Gasteiger partial charge in [0.25, 0.3) is 5.91 Å². The maximum Gasteiger partial charge on any atom is 0.255 e. The van der Waals surface area contributed by atoms with Crippen LogP contribution >= 0.6 is 11.3 Å². The van der Waals surface area contributed by atoms with Crippen molar-refractivity contribution < 1.29 is 4.79 Å². The van der Waals surface area contributed by atoms with Gasteiger partial charge in [-0.1, -0.05) is 43.2 Å². The summed E-state index contributed by atoms with van der Waals surface area (Å²) in [6, 6.07) is 10.3. The van der Waals surface area contributed by atoms with E-state index in [2.05, 4.69) is 19.1 Å². The van der Waals surface area contributed by atoms with Gasteiger partial charge in [-0.05, 0) is 25.3 Å². The van der Waals surface area contributed by atoms with Gasteiger partial charge in [0.2, 0.25) is 0 Å². The second kappa shape index (κ2) is 6.44. The van der Waals surface area contributed by atoms with E-state index in [-0.39, 0.29) is 5.91 Å². The quantitative estimate of drug-likeness (QED) is 0.784. The monoisotopic (exact) mass is 299 g/mol. The predicted molar refractivity (Wildman–Crippen MR) is 88.9 cm³/mol. The van der Waals surface area contributed by atoms with Crippen LogP contribution < -0.4 is 0 Å². The molecule has 1 aromatic carbocycles. The Morgan fingerprint density at radius 3 is 2.38 bits per heavy atom. The van der Waals surface area contributed by atoms with E-state index in [9.17, 15) is 4.79 Å². The number of carbonyl (C=O) groups excluding carboxylic acids is 1. The molecule has 2 nitrogen and oxygen atoms in total. The third-order valence-electron chi connectivity index (χ3n) is 4.16. The molecule has 0 N–H and O–H groups in total. The third kappa shape index (κ3) is 3.03. The third-order valence-corrected chi connectivity index (χ3v) is 5.07. The molecule has 0 atom stereocenters. The number of benzene rings is 1. The Hall–Kier alpha value is -1.61. The maximum atomic E-state index is 12.9. The number of hydrogen-bond donors (Lipinski definition) is 0. The summed E-state index contributed by atoms with van der Waals surface area (Å²) in [6.45, 7) is 3.91. The zero-order chi connectivity index (χ0) is 14.7. The van der Waals surface area contributed by atoms with Gasteiger partial charge in [-0.25, -0.2) is 0 Å². The highest BCUT2D eigenvalue weighted by molar-refractivity contribution is 7.10. The molecule has 110 valence electrons. The Morgan fingerprint density at radius 1 is 1.05 bits per heavy atom. The van der Waals surface area contributed by atoms with Crippen molar-refractivity contribution in [3.63, 3.8) is 0 Å². The van der Waals surface area contributed by atoms with E-state index in [4.69, 9.17) is 0 Å². The van der Waals surface area contributed by atoms with Crippen molar-refractivity contribution in [3.8, 4) is 11.1 Å². The summed E-state index contributed by atoms with van der Waals surface area (Å²) in [4.78, 5) is 16.2. The molecule has 1 amide bonds. The molecule has 0 saturated carbocycles. The van der Waals surface area contributed by atoms with E-state index in [1.54, 1.807) is 11.3 Å². The molecule has 2 aromatic rings. The Morgan fingerprint density at radius 2 is 1.71 bits per heavy atom. The second-order valence-corrected chi connectivity index (χ2v) is 6.74. The molecule has 3 heteroatoms. The number of thiophene rings is 1. The first kappa shape index (κ1) is 14.3. The molecule has 0 spiro atoms. The average Bonchev–Trinajstić information content (AvgIpc) is 2.74. The highest BCUT2D eigenvalue weighted by atomic mass is 32.1. The van der Waals surface area contributed by atoms with Crippen molar-refractivity contribution in [2.75, 3.05) is 13.1 Å². The summed E-state index contributed by atoms with van der Waals surface area (Å²) in [5.41, 5.74) is 3.15. The summed E-state index contributed by atoms with van der Waals surface area (Å²) in [5.74, 6) is 0.208. The van der Waals surface area contributed by atoms with Crippen molar-refractivity contribution >= 4 is 17.2 Å². The van der Waals surface area contributed by atoms with Gasteiger partial charge >= 0.3 is 0 Å². The van der Waals surface area contributed by atoms with Crippen LogP contribution in [0.5, 0.6) is 0 Å². The van der Waals surface area contributed by atoms with Crippen LogP contribution in [0.4, 0.5) is 0 Å². The second-order valence-electron chi connectivity index (χ2n) is 5.65. The van der Waals surface area contributed by atoms with Gasteiger partial charge in [-0.15, -0.1) is 11.3 Å². The molecule has 3 rings (SSSR count). The van der Waals surface area contributed by atoms with Crippen LogP contribution in [0.1, 0.15) is 40.9 Å². The van der Waals surface area contributed by atoms with Crippen LogP contribution in [-0.2, 0) is 0 Å². The van der Waals surface area contributed by atoms with Gasteiger partial charge in [0.1, 0.15) is 0 Å². The summed E-state index contributed by atoms with van der Waals surface area (Å²) in [5, 5.41) is 2.03. The van der Waals surface area contributed by atoms with E-state index in [0.717, 1.165) is 42.6 Å². The number of nitrogens with zero attached hydrogens (tertiary/aromatic N) is 1. The molecule has 21 heavy (non-hydrogen) atoms. The summed E-state index contributed by atoms with van der Waals surface area (Å²) >= 11 is 1.68. The van der Waals surface area contributed by atoms with Crippen LogP contribution in [0.25, 0.3) is 11.1 Å². The molecule has 0 radical (unpaired) electrons. The minimum absolute atomic E-state index is 0.208. The number of rotatable bonds is 2. The molecule has 1 aliphatic heterocycles. The number of carbonyl (C=O) groups is 1. The van der Waals surface area contributed by atoms with Gasteiger partial charge in [-0.3, -0.25) is 4.79 Å². The lowest BCUT2D eigenvalue weighted by atomic mass is 10.0. The van der Waals surface area contributed by atoms with Gasteiger partial charge in [0.05, 0.1) is 5.56 Å². The zero-order valence-electron chi connectivity index (χ0n) is 12.5.